The predicted octanol–water partition coefficient (Wildman–Crippen LogP) is 6.57. The van der Waals surface area contributed by atoms with Crippen molar-refractivity contribution in [3.8, 4) is 5.69 Å². The second kappa shape index (κ2) is 7.45. The first-order chi connectivity index (χ1) is 14.1. The van der Waals surface area contributed by atoms with Crippen molar-refractivity contribution >= 4 is 6.08 Å². The molecule has 1 aliphatic heterocycles. The summed E-state index contributed by atoms with van der Waals surface area (Å²) in [6.45, 7) is 6.94. The Bertz CT molecular complexity index is 902. The molecule has 0 saturated heterocycles. The molecule has 2 aromatic rings. The van der Waals surface area contributed by atoms with Crippen LogP contribution in [0.3, 0.4) is 0 Å². The number of aromatic nitrogens is 2. The first kappa shape index (κ1) is 19.2. The van der Waals surface area contributed by atoms with Gasteiger partial charge in [0.2, 0.25) is 0 Å². The molecule has 2 saturated carbocycles. The fourth-order valence-corrected chi connectivity index (χ4v) is 7.03. The molecule has 2 fully saturated rings. The molecule has 0 amide bonds. The van der Waals surface area contributed by atoms with Crippen molar-refractivity contribution < 1.29 is 4.57 Å². The zero-order valence-corrected chi connectivity index (χ0v) is 18.6. The molecular formula is C27H37N2+. The number of nitrogens with zero attached hydrogens (tertiary/aromatic N) is 2. The maximum absolute atomic E-state index is 2.81. The molecule has 1 aromatic heterocycles. The van der Waals surface area contributed by atoms with Gasteiger partial charge in [0.05, 0.1) is 0 Å². The maximum Gasteiger partial charge on any atom is 0.259 e. The average molecular weight is 390 g/mol. The molecule has 0 bridgehead atoms. The summed E-state index contributed by atoms with van der Waals surface area (Å²) in [6.07, 6.45) is 19.3. The van der Waals surface area contributed by atoms with Crippen LogP contribution in [0.25, 0.3) is 11.8 Å². The van der Waals surface area contributed by atoms with Crippen LogP contribution in [0.15, 0.2) is 30.3 Å². The summed E-state index contributed by atoms with van der Waals surface area (Å²) in [5.41, 5.74) is 5.78. The summed E-state index contributed by atoms with van der Waals surface area (Å²) >= 11 is 0. The van der Waals surface area contributed by atoms with Crippen molar-refractivity contribution in [1.82, 2.24) is 4.57 Å². The number of imidazole rings is 1. The normalized spacial score (nSPS) is 22.2. The highest BCUT2D eigenvalue weighted by Crippen LogP contribution is 2.48. The second-order valence-corrected chi connectivity index (χ2v) is 9.87. The fraction of sp³-hybridized carbons (Fsp3) is 0.593. The largest absolute Gasteiger partial charge is 0.259 e. The van der Waals surface area contributed by atoms with Crippen LogP contribution < -0.4 is 4.57 Å². The first-order valence-electron chi connectivity index (χ1n) is 12.0. The Morgan fingerprint density at radius 2 is 1.41 bits per heavy atom. The van der Waals surface area contributed by atoms with E-state index in [1.807, 2.05) is 0 Å². The Morgan fingerprint density at radius 3 is 2.00 bits per heavy atom. The third-order valence-corrected chi connectivity index (χ3v) is 8.36. The van der Waals surface area contributed by atoms with E-state index in [0.717, 1.165) is 11.8 Å². The van der Waals surface area contributed by atoms with Crippen molar-refractivity contribution in [3.63, 3.8) is 0 Å². The number of hydrogen-bond donors (Lipinski definition) is 0. The Kier molecular flexibility index (Phi) is 4.92. The molecule has 2 heterocycles. The molecule has 2 nitrogen and oxygen atoms in total. The zero-order valence-electron chi connectivity index (χ0n) is 18.6. The SMILES string of the molecule is Cc1ccccc1-n1c(C)c2[n+](c1C)C(C1CCCCC1)(C1CCCCC1)C=C2. The van der Waals surface area contributed by atoms with E-state index in [4.69, 9.17) is 0 Å². The van der Waals surface area contributed by atoms with E-state index in [2.05, 4.69) is 66.3 Å². The Balaban J connectivity index is 1.70. The standard InChI is InChI=1S/C27H37N2/c1-20-12-10-11-17-25(20)28-21(2)26-18-19-27(29(26)22(28)3,23-13-6-4-7-14-23)24-15-8-5-9-16-24/h10-12,17-19,23-24H,4-9,13-16H2,1-3H3/q+1. The molecule has 3 aliphatic rings. The van der Waals surface area contributed by atoms with E-state index in [1.165, 1.54) is 92.7 Å². The quantitative estimate of drug-likeness (QED) is 0.525. The van der Waals surface area contributed by atoms with Gasteiger partial charge in [-0.05, 0) is 56.4 Å². The van der Waals surface area contributed by atoms with E-state index < -0.39 is 0 Å². The lowest BCUT2D eigenvalue weighted by atomic mass is 9.64. The van der Waals surface area contributed by atoms with Gasteiger partial charge in [0.1, 0.15) is 11.2 Å². The van der Waals surface area contributed by atoms with Crippen molar-refractivity contribution in [1.29, 1.82) is 0 Å². The van der Waals surface area contributed by atoms with Gasteiger partial charge in [0.25, 0.3) is 5.82 Å². The maximum atomic E-state index is 2.81. The Hall–Kier alpha value is -1.83. The molecule has 2 aliphatic carbocycles. The van der Waals surface area contributed by atoms with Crippen molar-refractivity contribution in [2.75, 3.05) is 0 Å². The van der Waals surface area contributed by atoms with Gasteiger partial charge < -0.3 is 0 Å². The molecule has 1 aromatic carbocycles. The van der Waals surface area contributed by atoms with Gasteiger partial charge in [0, 0.05) is 25.7 Å². The molecule has 0 atom stereocenters. The zero-order chi connectivity index (χ0) is 20.0. The number of hydrogen-bond acceptors (Lipinski definition) is 0. The Labute approximate surface area is 176 Å². The van der Waals surface area contributed by atoms with Crippen LogP contribution in [0.4, 0.5) is 0 Å². The predicted molar refractivity (Wildman–Crippen MR) is 120 cm³/mol. The van der Waals surface area contributed by atoms with Gasteiger partial charge in [0.15, 0.2) is 11.4 Å². The lowest BCUT2D eigenvalue weighted by Crippen LogP contribution is -2.64. The van der Waals surface area contributed by atoms with Gasteiger partial charge >= 0.3 is 0 Å². The van der Waals surface area contributed by atoms with Crippen LogP contribution in [0.2, 0.25) is 0 Å². The monoisotopic (exact) mass is 389 g/mol. The van der Waals surface area contributed by atoms with Crippen LogP contribution in [0.1, 0.15) is 87.0 Å². The topological polar surface area (TPSA) is 8.81 Å². The molecule has 29 heavy (non-hydrogen) atoms. The van der Waals surface area contributed by atoms with Gasteiger partial charge in [-0.2, -0.15) is 4.57 Å². The van der Waals surface area contributed by atoms with E-state index in [9.17, 15) is 0 Å². The summed E-state index contributed by atoms with van der Waals surface area (Å²) in [4.78, 5) is 0. The molecule has 0 N–H and O–H groups in total. The van der Waals surface area contributed by atoms with Crippen LogP contribution in [-0.2, 0) is 5.54 Å². The van der Waals surface area contributed by atoms with Gasteiger partial charge in [-0.15, -0.1) is 0 Å². The van der Waals surface area contributed by atoms with Crippen molar-refractivity contribution in [3.05, 3.63) is 53.1 Å². The van der Waals surface area contributed by atoms with Crippen LogP contribution in [-0.4, -0.2) is 4.57 Å². The molecule has 0 radical (unpaired) electrons. The molecule has 154 valence electrons. The number of benzene rings is 1. The number of fused-ring (bicyclic) bond motifs is 1. The number of aryl methyl sites for hydroxylation is 1. The van der Waals surface area contributed by atoms with E-state index in [1.54, 1.807) is 0 Å². The third kappa shape index (κ3) is 2.86. The number of allylic oxidation sites excluding steroid dienone is 1. The summed E-state index contributed by atoms with van der Waals surface area (Å²) in [5, 5.41) is 0. The fourth-order valence-electron chi connectivity index (χ4n) is 7.03. The van der Waals surface area contributed by atoms with Crippen LogP contribution in [0, 0.1) is 32.6 Å². The highest BCUT2D eigenvalue weighted by molar-refractivity contribution is 5.53. The van der Waals surface area contributed by atoms with E-state index in [-0.39, 0.29) is 5.54 Å². The lowest BCUT2D eigenvalue weighted by molar-refractivity contribution is -0.771. The molecule has 2 heteroatoms. The third-order valence-electron chi connectivity index (χ3n) is 8.36. The summed E-state index contributed by atoms with van der Waals surface area (Å²) in [5.74, 6) is 3.02. The second-order valence-electron chi connectivity index (χ2n) is 9.87. The Morgan fingerprint density at radius 1 is 0.828 bits per heavy atom. The van der Waals surface area contributed by atoms with Crippen LogP contribution in [0.5, 0.6) is 0 Å². The lowest BCUT2D eigenvalue weighted by Gasteiger charge is -2.44. The van der Waals surface area contributed by atoms with Crippen molar-refractivity contribution in [2.45, 2.75) is 90.5 Å². The molecule has 0 spiro atoms. The molecular weight excluding hydrogens is 352 g/mol. The minimum atomic E-state index is 0.207. The highest BCUT2D eigenvalue weighted by Gasteiger charge is 2.54. The summed E-state index contributed by atoms with van der Waals surface area (Å²) < 4.78 is 5.34. The minimum absolute atomic E-state index is 0.207. The van der Waals surface area contributed by atoms with Crippen LogP contribution >= 0.6 is 0 Å². The summed E-state index contributed by atoms with van der Waals surface area (Å²) in [6, 6.07) is 8.87. The number of para-hydroxylation sites is 1. The highest BCUT2D eigenvalue weighted by atomic mass is 15.2. The van der Waals surface area contributed by atoms with Gasteiger partial charge in [-0.1, -0.05) is 56.7 Å². The number of rotatable bonds is 3. The van der Waals surface area contributed by atoms with E-state index >= 15 is 0 Å². The van der Waals surface area contributed by atoms with Gasteiger partial charge in [-0.25, -0.2) is 4.57 Å². The minimum Gasteiger partial charge on any atom is -0.218 e. The summed E-state index contributed by atoms with van der Waals surface area (Å²) in [7, 11) is 0. The first-order valence-corrected chi connectivity index (χ1v) is 12.0. The molecule has 0 unspecified atom stereocenters. The van der Waals surface area contributed by atoms with Gasteiger partial charge in [-0.3, -0.25) is 0 Å². The van der Waals surface area contributed by atoms with Crippen molar-refractivity contribution in [2.24, 2.45) is 11.8 Å². The smallest absolute Gasteiger partial charge is 0.218 e. The van der Waals surface area contributed by atoms with E-state index in [0.29, 0.717) is 0 Å². The molecule has 5 rings (SSSR count). The average Bonchev–Trinajstić information content (AvgIpc) is 3.28.